The number of rotatable bonds is 36. The van der Waals surface area contributed by atoms with Crippen LogP contribution in [0.15, 0.2) is 72.9 Å². The van der Waals surface area contributed by atoms with E-state index in [9.17, 15) is 24.2 Å². The van der Waals surface area contributed by atoms with E-state index in [0.717, 1.165) is 57.8 Å². The predicted molar refractivity (Wildman–Crippen MR) is 225 cm³/mol. The molecular formula is C44H77NO9P+. The van der Waals surface area contributed by atoms with Crippen LogP contribution in [0.4, 0.5) is 0 Å². The lowest BCUT2D eigenvalue weighted by molar-refractivity contribution is -0.870. The summed E-state index contributed by atoms with van der Waals surface area (Å²) in [5.41, 5.74) is 0. The number of nitrogens with zero attached hydrogens (tertiary/aromatic N) is 1. The van der Waals surface area contributed by atoms with E-state index < -0.39 is 32.5 Å². The van der Waals surface area contributed by atoms with Gasteiger partial charge in [-0.05, 0) is 70.6 Å². The van der Waals surface area contributed by atoms with Crippen molar-refractivity contribution in [3.63, 3.8) is 0 Å². The predicted octanol–water partition coefficient (Wildman–Crippen LogP) is 10.4. The van der Waals surface area contributed by atoms with Gasteiger partial charge in [0.15, 0.2) is 6.10 Å². The Hall–Kier alpha value is -2.59. The number of likely N-dealkylation sites (N-methyl/N-ethyl adjacent to an activating group) is 1. The van der Waals surface area contributed by atoms with Gasteiger partial charge in [-0.3, -0.25) is 18.6 Å². The highest BCUT2D eigenvalue weighted by molar-refractivity contribution is 7.47. The second-order valence-electron chi connectivity index (χ2n) is 14.8. The van der Waals surface area contributed by atoms with Crippen LogP contribution in [0.1, 0.15) is 136 Å². The number of carbonyl (C=O) groups is 2. The molecule has 0 amide bonds. The first-order chi connectivity index (χ1) is 26.4. The Bertz CT molecular complexity index is 1190. The highest BCUT2D eigenvalue weighted by atomic mass is 31.2. The molecule has 0 heterocycles. The molecule has 0 aromatic rings. The fourth-order valence-electron chi connectivity index (χ4n) is 4.93. The van der Waals surface area contributed by atoms with Gasteiger partial charge in [-0.15, -0.1) is 0 Å². The Kier molecular flexibility index (Phi) is 34.1. The molecule has 0 aliphatic rings. The molecule has 0 fully saturated rings. The number of aliphatic hydroxyl groups excluding tert-OH is 1. The van der Waals surface area contributed by atoms with Crippen molar-refractivity contribution < 1.29 is 47.2 Å². The first-order valence-corrected chi connectivity index (χ1v) is 22.3. The molecule has 0 radical (unpaired) electrons. The van der Waals surface area contributed by atoms with Gasteiger partial charge in [0.05, 0.1) is 33.9 Å². The minimum absolute atomic E-state index is 0.0117. The minimum Gasteiger partial charge on any atom is -0.462 e. The Balaban J connectivity index is 4.53. The number of aliphatic hydroxyl groups is 1. The molecule has 0 aliphatic heterocycles. The average Bonchev–Trinajstić information content (AvgIpc) is 3.13. The van der Waals surface area contributed by atoms with Gasteiger partial charge in [0.1, 0.15) is 19.8 Å². The fourth-order valence-corrected chi connectivity index (χ4v) is 5.68. The molecule has 3 atom stereocenters. The summed E-state index contributed by atoms with van der Waals surface area (Å²) in [6.07, 6.45) is 40.5. The Labute approximate surface area is 334 Å². The van der Waals surface area contributed by atoms with Crippen molar-refractivity contribution in [3.05, 3.63) is 72.9 Å². The van der Waals surface area contributed by atoms with Crippen molar-refractivity contribution >= 4 is 19.8 Å². The molecule has 0 rings (SSSR count). The summed E-state index contributed by atoms with van der Waals surface area (Å²) in [4.78, 5) is 35.3. The van der Waals surface area contributed by atoms with Gasteiger partial charge in [-0.1, -0.05) is 125 Å². The van der Waals surface area contributed by atoms with Crippen LogP contribution in [0.3, 0.4) is 0 Å². The highest BCUT2D eigenvalue weighted by Crippen LogP contribution is 2.43. The van der Waals surface area contributed by atoms with Crippen molar-refractivity contribution in [2.75, 3.05) is 47.5 Å². The number of esters is 2. The Morgan fingerprint density at radius 2 is 1.20 bits per heavy atom. The zero-order chi connectivity index (χ0) is 40.9. The second-order valence-corrected chi connectivity index (χ2v) is 16.3. The lowest BCUT2D eigenvalue weighted by atomic mass is 10.1. The molecule has 316 valence electrons. The molecule has 0 saturated heterocycles. The SMILES string of the molecule is CCCCCC/C=C\CCCCCCCC(=O)O[C@H](COC(=O)CCC/C=C\C/C=C\C/C=C\C/C=C\C=C\[C@@H](O)CC)COP(=O)(O)OCC[N+](C)(C)C. The van der Waals surface area contributed by atoms with E-state index in [-0.39, 0.29) is 32.2 Å². The lowest BCUT2D eigenvalue weighted by Crippen LogP contribution is -2.37. The summed E-state index contributed by atoms with van der Waals surface area (Å²) in [7, 11) is 1.41. The van der Waals surface area contributed by atoms with E-state index in [2.05, 4.69) is 49.5 Å². The lowest BCUT2D eigenvalue weighted by Gasteiger charge is -2.24. The largest absolute Gasteiger partial charge is 0.472 e. The van der Waals surface area contributed by atoms with Crippen LogP contribution in [0.25, 0.3) is 0 Å². The zero-order valence-electron chi connectivity index (χ0n) is 35.0. The summed E-state index contributed by atoms with van der Waals surface area (Å²) in [5.74, 6) is -0.905. The maximum absolute atomic E-state index is 12.6. The third-order valence-electron chi connectivity index (χ3n) is 8.38. The van der Waals surface area contributed by atoms with Gasteiger partial charge in [-0.25, -0.2) is 4.57 Å². The van der Waals surface area contributed by atoms with Crippen molar-refractivity contribution in [2.45, 2.75) is 148 Å². The van der Waals surface area contributed by atoms with Crippen LogP contribution in [-0.4, -0.2) is 86.1 Å². The van der Waals surface area contributed by atoms with Crippen LogP contribution in [-0.2, 0) is 32.7 Å². The molecule has 0 spiro atoms. The molecule has 0 aromatic heterocycles. The number of hydrogen-bond donors (Lipinski definition) is 2. The standard InChI is InChI=1S/C44H76NO9P/c1-6-8-9-10-11-12-13-16-21-24-27-30-33-36-44(48)54-42(40-53-55(49,50)52-38-37-45(3,4)5)39-51-43(47)35-32-29-26-23-20-18-15-14-17-19-22-25-28-31-34-41(46)7-2/h12-13,15,17-19,23,25-26,28,31,34,41-42,46H,6-11,14,16,20-22,24,27,29-30,32-33,35-40H2,1-5H3/p+1/b13-12-,18-15-,19-17-,26-23-,28-25-,34-31+/t41-,42+/m0/s1. The third-order valence-corrected chi connectivity index (χ3v) is 9.36. The van der Waals surface area contributed by atoms with E-state index in [1.54, 1.807) is 6.08 Å². The normalized spacial score (nSPS) is 15.0. The number of hydrogen-bond acceptors (Lipinski definition) is 8. The maximum Gasteiger partial charge on any atom is 0.472 e. The Morgan fingerprint density at radius 1 is 0.655 bits per heavy atom. The van der Waals surface area contributed by atoms with Gasteiger partial charge < -0.3 is 24.0 Å². The molecule has 11 heteroatoms. The van der Waals surface area contributed by atoms with Crippen molar-refractivity contribution in [2.24, 2.45) is 0 Å². The number of allylic oxidation sites excluding steroid dienone is 11. The summed E-state index contributed by atoms with van der Waals surface area (Å²) >= 11 is 0. The summed E-state index contributed by atoms with van der Waals surface area (Å²) < 4.78 is 34.1. The summed E-state index contributed by atoms with van der Waals surface area (Å²) in [5, 5.41) is 9.47. The fraction of sp³-hybridized carbons (Fsp3) is 0.682. The zero-order valence-corrected chi connectivity index (χ0v) is 35.9. The number of phosphoric acid groups is 1. The number of unbranched alkanes of at least 4 members (excludes halogenated alkanes) is 10. The van der Waals surface area contributed by atoms with E-state index >= 15 is 0 Å². The molecule has 0 aliphatic carbocycles. The van der Waals surface area contributed by atoms with Crippen molar-refractivity contribution in [1.29, 1.82) is 0 Å². The van der Waals surface area contributed by atoms with Crippen LogP contribution < -0.4 is 0 Å². The number of phosphoric ester groups is 1. The molecule has 2 N–H and O–H groups in total. The summed E-state index contributed by atoms with van der Waals surface area (Å²) in [6, 6.07) is 0. The monoisotopic (exact) mass is 795 g/mol. The van der Waals surface area contributed by atoms with E-state index in [4.69, 9.17) is 18.5 Å². The van der Waals surface area contributed by atoms with E-state index in [0.29, 0.717) is 36.7 Å². The highest BCUT2D eigenvalue weighted by Gasteiger charge is 2.27. The van der Waals surface area contributed by atoms with Crippen molar-refractivity contribution in [1.82, 2.24) is 0 Å². The molecule has 0 bridgehead atoms. The van der Waals surface area contributed by atoms with Gasteiger partial charge in [0, 0.05) is 12.8 Å². The number of ether oxygens (including phenoxy) is 2. The molecule has 10 nitrogen and oxygen atoms in total. The van der Waals surface area contributed by atoms with Crippen LogP contribution in [0.5, 0.6) is 0 Å². The van der Waals surface area contributed by atoms with Gasteiger partial charge in [-0.2, -0.15) is 0 Å². The molecule has 55 heavy (non-hydrogen) atoms. The van der Waals surface area contributed by atoms with E-state index in [1.165, 1.54) is 25.7 Å². The topological polar surface area (TPSA) is 129 Å². The van der Waals surface area contributed by atoms with Gasteiger partial charge >= 0.3 is 19.8 Å². The van der Waals surface area contributed by atoms with E-state index in [1.807, 2.05) is 52.4 Å². The van der Waals surface area contributed by atoms with Crippen LogP contribution in [0, 0.1) is 0 Å². The third kappa shape index (κ3) is 39.4. The minimum atomic E-state index is -4.40. The Morgan fingerprint density at radius 3 is 1.84 bits per heavy atom. The van der Waals surface area contributed by atoms with Crippen LogP contribution >= 0.6 is 7.82 Å². The van der Waals surface area contributed by atoms with Crippen LogP contribution in [0.2, 0.25) is 0 Å². The first-order valence-electron chi connectivity index (χ1n) is 20.8. The average molecular weight is 795 g/mol. The second kappa shape index (κ2) is 35.8. The van der Waals surface area contributed by atoms with Gasteiger partial charge in [0.2, 0.25) is 0 Å². The van der Waals surface area contributed by atoms with Crippen molar-refractivity contribution in [3.8, 4) is 0 Å². The molecular weight excluding hydrogens is 717 g/mol. The maximum atomic E-state index is 12.6. The quantitative estimate of drug-likeness (QED) is 0.0159. The molecule has 0 aromatic carbocycles. The van der Waals surface area contributed by atoms with Gasteiger partial charge in [0.25, 0.3) is 0 Å². The number of carbonyl (C=O) groups excluding carboxylic acids is 2. The first kappa shape index (κ1) is 52.4. The summed E-state index contributed by atoms with van der Waals surface area (Å²) in [6.45, 7) is 3.96. The molecule has 1 unspecified atom stereocenters. The number of quaternary nitrogens is 1. The molecule has 0 saturated carbocycles. The smallest absolute Gasteiger partial charge is 0.462 e.